The molecule has 1 saturated heterocycles. The minimum absolute atomic E-state index is 0.0178. The number of para-hydroxylation sites is 2. The Morgan fingerprint density at radius 3 is 2.70 bits per heavy atom. The summed E-state index contributed by atoms with van der Waals surface area (Å²) in [5.41, 5.74) is 1.60. The Bertz CT molecular complexity index is 909. The van der Waals surface area contributed by atoms with E-state index >= 15 is 0 Å². The van der Waals surface area contributed by atoms with Crippen LogP contribution in [0.1, 0.15) is 29.3 Å². The van der Waals surface area contributed by atoms with Crippen molar-refractivity contribution in [2.24, 2.45) is 0 Å². The van der Waals surface area contributed by atoms with Crippen LogP contribution in [0.15, 0.2) is 42.5 Å². The highest BCUT2D eigenvalue weighted by atomic mass is 16.5. The molecular formula is C20H20N2O5. The summed E-state index contributed by atoms with van der Waals surface area (Å²) in [5.74, 6) is -1.31. The molecule has 3 rings (SSSR count). The summed E-state index contributed by atoms with van der Waals surface area (Å²) < 4.78 is 5.54. The number of carboxylic acids is 1. The van der Waals surface area contributed by atoms with E-state index < -0.39 is 17.9 Å². The maximum Gasteiger partial charge on any atom is 0.335 e. The van der Waals surface area contributed by atoms with Crippen molar-refractivity contribution in [1.29, 1.82) is 0 Å². The van der Waals surface area contributed by atoms with Crippen molar-refractivity contribution in [3.63, 3.8) is 0 Å². The zero-order valence-electron chi connectivity index (χ0n) is 15.1. The lowest BCUT2D eigenvalue weighted by Gasteiger charge is -2.19. The lowest BCUT2D eigenvalue weighted by Crippen LogP contribution is -2.35. The summed E-state index contributed by atoms with van der Waals surface area (Å²) in [4.78, 5) is 37.7. The van der Waals surface area contributed by atoms with E-state index in [-0.39, 0.29) is 17.9 Å². The lowest BCUT2D eigenvalue weighted by atomic mass is 10.1. The summed E-state index contributed by atoms with van der Waals surface area (Å²) >= 11 is 0. The van der Waals surface area contributed by atoms with Gasteiger partial charge in [-0.3, -0.25) is 9.59 Å². The van der Waals surface area contributed by atoms with Crippen LogP contribution in [0.25, 0.3) is 0 Å². The van der Waals surface area contributed by atoms with Crippen LogP contribution in [-0.4, -0.2) is 35.5 Å². The number of benzene rings is 2. The molecule has 2 aromatic rings. The van der Waals surface area contributed by atoms with Gasteiger partial charge in [0.25, 0.3) is 5.91 Å². The fraction of sp³-hybridized carbons (Fsp3) is 0.250. The molecule has 1 aliphatic heterocycles. The molecule has 7 heteroatoms. The molecule has 1 heterocycles. The molecule has 140 valence electrons. The van der Waals surface area contributed by atoms with Gasteiger partial charge in [-0.15, -0.1) is 0 Å². The van der Waals surface area contributed by atoms with Crippen LogP contribution in [0.3, 0.4) is 0 Å². The summed E-state index contributed by atoms with van der Waals surface area (Å²) in [7, 11) is 0. The van der Waals surface area contributed by atoms with Crippen molar-refractivity contribution in [3.8, 4) is 5.75 Å². The number of hydrogen-bond acceptors (Lipinski definition) is 5. The van der Waals surface area contributed by atoms with Crippen molar-refractivity contribution in [2.75, 3.05) is 16.8 Å². The highest BCUT2D eigenvalue weighted by Crippen LogP contribution is 2.31. The van der Waals surface area contributed by atoms with E-state index in [1.165, 1.54) is 12.1 Å². The largest absolute Gasteiger partial charge is 0.492 e. The lowest BCUT2D eigenvalue weighted by molar-refractivity contribution is -0.121. The van der Waals surface area contributed by atoms with Gasteiger partial charge in [0.2, 0.25) is 5.91 Å². The second-order valence-electron chi connectivity index (χ2n) is 6.20. The predicted octanol–water partition coefficient (Wildman–Crippen LogP) is 2.84. The maximum atomic E-state index is 12.9. The maximum absolute atomic E-state index is 12.9. The Balaban J connectivity index is 1.88. The third-order valence-electron chi connectivity index (χ3n) is 4.36. The Morgan fingerprint density at radius 1 is 1.26 bits per heavy atom. The van der Waals surface area contributed by atoms with Crippen molar-refractivity contribution < 1.29 is 24.2 Å². The SMILES string of the molecule is CCOc1ccccc1N[C@H]1CC(=O)N(c2cc(C(=O)O)ccc2C)C1=O. The van der Waals surface area contributed by atoms with Crippen molar-refractivity contribution in [2.45, 2.75) is 26.3 Å². The van der Waals surface area contributed by atoms with E-state index in [0.717, 1.165) is 4.90 Å². The summed E-state index contributed by atoms with van der Waals surface area (Å²) in [6.07, 6.45) is -0.0178. The van der Waals surface area contributed by atoms with Gasteiger partial charge in [0.05, 0.1) is 30.0 Å². The Hall–Kier alpha value is -3.35. The monoisotopic (exact) mass is 368 g/mol. The molecule has 0 aliphatic carbocycles. The Kier molecular flexibility index (Phi) is 5.12. The molecule has 1 fully saturated rings. The molecule has 2 aromatic carbocycles. The number of carbonyl (C=O) groups is 3. The molecule has 27 heavy (non-hydrogen) atoms. The van der Waals surface area contributed by atoms with Crippen LogP contribution in [0.5, 0.6) is 5.75 Å². The summed E-state index contributed by atoms with van der Waals surface area (Å²) in [6.45, 7) is 4.07. The molecule has 1 aliphatic rings. The summed E-state index contributed by atoms with van der Waals surface area (Å²) in [5, 5.41) is 12.3. The number of aromatic carboxylic acids is 1. The number of aryl methyl sites for hydroxylation is 1. The second-order valence-corrected chi connectivity index (χ2v) is 6.20. The molecule has 0 radical (unpaired) electrons. The number of hydrogen-bond donors (Lipinski definition) is 2. The van der Waals surface area contributed by atoms with Crippen LogP contribution in [-0.2, 0) is 9.59 Å². The minimum Gasteiger partial charge on any atom is -0.492 e. The van der Waals surface area contributed by atoms with E-state index in [0.29, 0.717) is 29.3 Å². The standard InChI is InChI=1S/C20H20N2O5/c1-3-27-17-7-5-4-6-14(17)21-15-11-18(23)22(19(15)24)16-10-13(20(25)26)9-8-12(16)2/h4-10,15,21H,3,11H2,1-2H3,(H,25,26)/t15-/m0/s1. The normalized spacial score (nSPS) is 16.5. The van der Waals surface area contributed by atoms with E-state index in [1.807, 2.05) is 19.1 Å². The molecule has 0 spiro atoms. The Morgan fingerprint density at radius 2 is 2.00 bits per heavy atom. The average molecular weight is 368 g/mol. The first-order chi connectivity index (χ1) is 12.9. The van der Waals surface area contributed by atoms with Crippen LogP contribution < -0.4 is 15.0 Å². The number of amides is 2. The number of imide groups is 1. The van der Waals surface area contributed by atoms with Gasteiger partial charge in [-0.1, -0.05) is 18.2 Å². The third-order valence-corrected chi connectivity index (χ3v) is 4.36. The van der Waals surface area contributed by atoms with E-state index in [2.05, 4.69) is 5.32 Å². The number of rotatable bonds is 6. The van der Waals surface area contributed by atoms with Gasteiger partial charge in [-0.05, 0) is 43.7 Å². The quantitative estimate of drug-likeness (QED) is 0.761. The fourth-order valence-electron chi connectivity index (χ4n) is 3.04. The number of nitrogens with zero attached hydrogens (tertiary/aromatic N) is 1. The van der Waals surface area contributed by atoms with Crippen molar-refractivity contribution >= 4 is 29.2 Å². The van der Waals surface area contributed by atoms with Crippen molar-refractivity contribution in [1.82, 2.24) is 0 Å². The zero-order chi connectivity index (χ0) is 19.6. The first kappa shape index (κ1) is 18.4. The first-order valence-corrected chi connectivity index (χ1v) is 8.61. The number of nitrogens with one attached hydrogen (secondary N) is 1. The van der Waals surface area contributed by atoms with Crippen LogP contribution in [0.2, 0.25) is 0 Å². The fourth-order valence-corrected chi connectivity index (χ4v) is 3.04. The number of carboxylic acid groups (broad SMARTS) is 1. The predicted molar refractivity (Wildman–Crippen MR) is 100 cm³/mol. The highest BCUT2D eigenvalue weighted by molar-refractivity contribution is 6.23. The molecule has 0 bridgehead atoms. The number of anilines is 2. The van der Waals surface area contributed by atoms with Crippen LogP contribution in [0, 0.1) is 6.92 Å². The average Bonchev–Trinajstić information content (AvgIpc) is 2.91. The molecular weight excluding hydrogens is 348 g/mol. The van der Waals surface area contributed by atoms with Gasteiger partial charge in [-0.2, -0.15) is 0 Å². The number of carbonyl (C=O) groups excluding carboxylic acids is 2. The third kappa shape index (κ3) is 3.62. The molecule has 0 aromatic heterocycles. The molecule has 7 nitrogen and oxygen atoms in total. The van der Waals surface area contributed by atoms with Gasteiger partial charge in [0.1, 0.15) is 11.8 Å². The number of ether oxygens (including phenoxy) is 1. The van der Waals surface area contributed by atoms with Gasteiger partial charge in [0, 0.05) is 0 Å². The minimum atomic E-state index is -1.12. The zero-order valence-corrected chi connectivity index (χ0v) is 15.1. The van der Waals surface area contributed by atoms with Crippen LogP contribution in [0.4, 0.5) is 11.4 Å². The van der Waals surface area contributed by atoms with Gasteiger partial charge >= 0.3 is 5.97 Å². The smallest absolute Gasteiger partial charge is 0.335 e. The van der Waals surface area contributed by atoms with Crippen molar-refractivity contribution in [3.05, 3.63) is 53.6 Å². The topological polar surface area (TPSA) is 95.9 Å². The molecule has 2 amide bonds. The molecule has 0 unspecified atom stereocenters. The van der Waals surface area contributed by atoms with Gasteiger partial charge < -0.3 is 15.2 Å². The van der Waals surface area contributed by atoms with Gasteiger partial charge in [0.15, 0.2) is 0 Å². The van der Waals surface area contributed by atoms with E-state index in [1.54, 1.807) is 25.1 Å². The van der Waals surface area contributed by atoms with E-state index in [9.17, 15) is 19.5 Å². The highest BCUT2D eigenvalue weighted by Gasteiger charge is 2.40. The summed E-state index contributed by atoms with van der Waals surface area (Å²) in [6, 6.07) is 10.8. The van der Waals surface area contributed by atoms with E-state index in [4.69, 9.17) is 4.74 Å². The Labute approximate surface area is 156 Å². The molecule has 2 N–H and O–H groups in total. The first-order valence-electron chi connectivity index (χ1n) is 8.61. The van der Waals surface area contributed by atoms with Crippen LogP contribution >= 0.6 is 0 Å². The second kappa shape index (κ2) is 7.49. The van der Waals surface area contributed by atoms with Gasteiger partial charge in [-0.25, -0.2) is 9.69 Å². The molecule has 0 saturated carbocycles. The molecule has 1 atom stereocenters.